The highest BCUT2D eigenvalue weighted by Gasteiger charge is 2.46. The summed E-state index contributed by atoms with van der Waals surface area (Å²) < 4.78 is 5.14. The Kier molecular flexibility index (Phi) is 4.67. The third kappa shape index (κ3) is 3.19. The normalized spacial score (nSPS) is 21.4. The summed E-state index contributed by atoms with van der Waals surface area (Å²) in [6, 6.07) is 9.85. The van der Waals surface area contributed by atoms with Crippen LogP contribution in [0.25, 0.3) is 0 Å². The van der Waals surface area contributed by atoms with E-state index in [9.17, 15) is 14.9 Å². The van der Waals surface area contributed by atoms with E-state index >= 15 is 0 Å². The average Bonchev–Trinajstić information content (AvgIpc) is 2.95. The van der Waals surface area contributed by atoms with Gasteiger partial charge in [0.25, 0.3) is 0 Å². The summed E-state index contributed by atoms with van der Waals surface area (Å²) in [5.41, 5.74) is 0.340. The molecule has 2 fully saturated rings. The summed E-state index contributed by atoms with van der Waals surface area (Å²) >= 11 is 0. The molecule has 0 N–H and O–H groups in total. The third-order valence-corrected chi connectivity index (χ3v) is 5.46. The fourth-order valence-electron chi connectivity index (χ4n) is 3.56. The van der Waals surface area contributed by atoms with E-state index in [1.807, 2.05) is 24.3 Å². The largest absolute Gasteiger partial charge is 0.497 e. The summed E-state index contributed by atoms with van der Waals surface area (Å²) in [4.78, 5) is 28.4. The van der Waals surface area contributed by atoms with Crippen molar-refractivity contribution in [3.05, 3.63) is 29.8 Å². The first kappa shape index (κ1) is 17.3. The zero-order valence-electron chi connectivity index (χ0n) is 14.7. The van der Waals surface area contributed by atoms with Crippen LogP contribution in [0.4, 0.5) is 0 Å². The lowest BCUT2D eigenvalue weighted by molar-refractivity contribution is -0.140. The molecule has 6 nitrogen and oxygen atoms in total. The first-order valence-corrected chi connectivity index (χ1v) is 8.59. The second kappa shape index (κ2) is 6.75. The predicted octanol–water partition coefficient (Wildman–Crippen LogP) is 1.95. The Balaban J connectivity index is 1.63. The van der Waals surface area contributed by atoms with Crippen molar-refractivity contribution in [2.24, 2.45) is 5.92 Å². The molecule has 1 heterocycles. The average molecular weight is 341 g/mol. The smallest absolute Gasteiger partial charge is 0.229 e. The molecular formula is C19H23N3O3. The van der Waals surface area contributed by atoms with Crippen LogP contribution in [0.1, 0.15) is 31.2 Å². The third-order valence-electron chi connectivity index (χ3n) is 5.46. The number of hydrogen-bond donors (Lipinski definition) is 0. The lowest BCUT2D eigenvalue weighted by atomic mass is 9.76. The first-order valence-electron chi connectivity index (χ1n) is 8.59. The van der Waals surface area contributed by atoms with Crippen molar-refractivity contribution >= 4 is 11.8 Å². The van der Waals surface area contributed by atoms with Crippen molar-refractivity contribution in [1.29, 1.82) is 5.26 Å². The van der Waals surface area contributed by atoms with Gasteiger partial charge < -0.3 is 14.5 Å². The molecule has 1 aliphatic heterocycles. The van der Waals surface area contributed by atoms with Crippen molar-refractivity contribution in [3.63, 3.8) is 0 Å². The molecule has 25 heavy (non-hydrogen) atoms. The minimum Gasteiger partial charge on any atom is -0.497 e. The number of nitrogens with zero attached hydrogens (tertiary/aromatic N) is 3. The monoisotopic (exact) mass is 341 g/mol. The second-order valence-electron chi connectivity index (χ2n) is 6.92. The van der Waals surface area contributed by atoms with Gasteiger partial charge in [-0.15, -0.1) is 0 Å². The fraction of sp³-hybridized carbons (Fsp3) is 0.526. The Hall–Kier alpha value is -2.55. The molecule has 1 aliphatic carbocycles. The van der Waals surface area contributed by atoms with E-state index in [1.54, 1.807) is 24.0 Å². The number of carbonyl (C=O) groups excluding carboxylic acids is 2. The lowest BCUT2D eigenvalue weighted by Gasteiger charge is -2.43. The molecule has 1 saturated carbocycles. The molecular weight excluding hydrogens is 318 g/mol. The van der Waals surface area contributed by atoms with Crippen molar-refractivity contribution in [2.45, 2.75) is 37.8 Å². The Labute approximate surface area is 148 Å². The molecule has 1 atom stereocenters. The highest BCUT2D eigenvalue weighted by atomic mass is 16.5. The van der Waals surface area contributed by atoms with Gasteiger partial charge in [0.05, 0.1) is 19.1 Å². The number of nitriles is 1. The summed E-state index contributed by atoms with van der Waals surface area (Å²) in [7, 11) is 3.31. The molecule has 1 aromatic carbocycles. The van der Waals surface area contributed by atoms with Gasteiger partial charge >= 0.3 is 0 Å². The van der Waals surface area contributed by atoms with Gasteiger partial charge in [0.15, 0.2) is 0 Å². The lowest BCUT2D eigenvalue weighted by Crippen LogP contribution is -2.55. The van der Waals surface area contributed by atoms with Gasteiger partial charge in [-0.25, -0.2) is 0 Å². The molecule has 1 aromatic rings. The summed E-state index contributed by atoms with van der Waals surface area (Å²) in [6.45, 7) is 0.898. The maximum absolute atomic E-state index is 12.8. The first-order chi connectivity index (χ1) is 12.0. The van der Waals surface area contributed by atoms with Crippen molar-refractivity contribution < 1.29 is 14.3 Å². The van der Waals surface area contributed by atoms with Crippen molar-refractivity contribution in [1.82, 2.24) is 9.80 Å². The van der Waals surface area contributed by atoms with E-state index in [2.05, 4.69) is 6.07 Å². The molecule has 6 heteroatoms. The molecule has 2 aliphatic rings. The molecule has 132 valence electrons. The number of benzene rings is 1. The van der Waals surface area contributed by atoms with Crippen LogP contribution >= 0.6 is 0 Å². The van der Waals surface area contributed by atoms with E-state index in [0.717, 1.165) is 30.6 Å². The van der Waals surface area contributed by atoms with E-state index in [0.29, 0.717) is 13.1 Å². The van der Waals surface area contributed by atoms with E-state index < -0.39 is 5.54 Å². The molecule has 1 saturated heterocycles. The number of rotatable bonds is 5. The van der Waals surface area contributed by atoms with E-state index in [4.69, 9.17) is 4.74 Å². The zero-order chi connectivity index (χ0) is 18.0. The molecule has 0 unspecified atom stereocenters. The van der Waals surface area contributed by atoms with Gasteiger partial charge in [0.2, 0.25) is 11.8 Å². The molecule has 0 aromatic heterocycles. The highest BCUT2D eigenvalue weighted by molar-refractivity contribution is 5.89. The van der Waals surface area contributed by atoms with Crippen LogP contribution in [0.5, 0.6) is 5.75 Å². The van der Waals surface area contributed by atoms with Gasteiger partial charge in [-0.2, -0.15) is 5.26 Å². The van der Waals surface area contributed by atoms with Crippen LogP contribution in [-0.4, -0.2) is 47.9 Å². The molecule has 2 amide bonds. The number of amides is 2. The Morgan fingerprint density at radius 1 is 1.40 bits per heavy atom. The van der Waals surface area contributed by atoms with Gasteiger partial charge in [-0.1, -0.05) is 12.1 Å². The molecule has 0 radical (unpaired) electrons. The minimum absolute atomic E-state index is 0.0119. The fourth-order valence-corrected chi connectivity index (χ4v) is 3.56. The predicted molar refractivity (Wildman–Crippen MR) is 91.5 cm³/mol. The van der Waals surface area contributed by atoms with Crippen LogP contribution in [0, 0.1) is 17.2 Å². The van der Waals surface area contributed by atoms with Gasteiger partial charge in [-0.3, -0.25) is 9.59 Å². The summed E-state index contributed by atoms with van der Waals surface area (Å²) in [5, 5.41) is 9.41. The number of methoxy groups -OCH3 is 1. The summed E-state index contributed by atoms with van der Waals surface area (Å²) in [5.74, 6) is 0.309. The van der Waals surface area contributed by atoms with Crippen LogP contribution < -0.4 is 4.74 Å². The maximum atomic E-state index is 12.8. The minimum atomic E-state index is -0.663. The Morgan fingerprint density at radius 3 is 2.60 bits per heavy atom. The molecule has 0 bridgehead atoms. The SMILES string of the molecule is COc1ccc(CN2C[C@@H](C(=O)N(C)C3(C#N)CCC3)CC2=O)cc1. The maximum Gasteiger partial charge on any atom is 0.229 e. The molecule has 0 spiro atoms. The number of hydrogen-bond acceptors (Lipinski definition) is 4. The topological polar surface area (TPSA) is 73.6 Å². The standard InChI is InChI=1S/C19H23N3O3/c1-21(19(13-20)8-3-9-19)18(24)15-10-17(23)22(12-15)11-14-4-6-16(25-2)7-5-14/h4-7,15H,3,8-12H2,1-2H3/t15-/m0/s1. The molecule has 3 rings (SSSR count). The zero-order valence-corrected chi connectivity index (χ0v) is 14.7. The van der Waals surface area contributed by atoms with E-state index in [-0.39, 0.29) is 24.2 Å². The number of likely N-dealkylation sites (tertiary alicyclic amines) is 1. The van der Waals surface area contributed by atoms with Crippen LogP contribution in [0.3, 0.4) is 0 Å². The Bertz CT molecular complexity index is 704. The van der Waals surface area contributed by atoms with Gasteiger partial charge in [-0.05, 0) is 37.0 Å². The van der Waals surface area contributed by atoms with Crippen LogP contribution in [0.15, 0.2) is 24.3 Å². The number of carbonyl (C=O) groups is 2. The van der Waals surface area contributed by atoms with Crippen LogP contribution in [-0.2, 0) is 16.1 Å². The van der Waals surface area contributed by atoms with Crippen molar-refractivity contribution in [3.8, 4) is 11.8 Å². The second-order valence-corrected chi connectivity index (χ2v) is 6.92. The Morgan fingerprint density at radius 2 is 2.08 bits per heavy atom. The highest BCUT2D eigenvalue weighted by Crippen LogP contribution is 2.37. The number of ether oxygens (including phenoxy) is 1. The van der Waals surface area contributed by atoms with Crippen molar-refractivity contribution in [2.75, 3.05) is 20.7 Å². The quantitative estimate of drug-likeness (QED) is 0.820. The summed E-state index contributed by atoms with van der Waals surface area (Å²) in [6.07, 6.45) is 2.64. The van der Waals surface area contributed by atoms with Crippen LogP contribution in [0.2, 0.25) is 0 Å². The van der Waals surface area contributed by atoms with Gasteiger partial charge in [0, 0.05) is 26.6 Å². The van der Waals surface area contributed by atoms with Gasteiger partial charge in [0.1, 0.15) is 11.3 Å². The van der Waals surface area contributed by atoms with E-state index in [1.165, 1.54) is 0 Å².